The molecule has 1 amide bonds. The zero-order valence-electron chi connectivity index (χ0n) is 15.8. The lowest BCUT2D eigenvalue weighted by Gasteiger charge is -2.11. The molecule has 6 nitrogen and oxygen atoms in total. The molecule has 2 N–H and O–H groups in total. The molecule has 0 bridgehead atoms. The Morgan fingerprint density at radius 3 is 2.46 bits per heavy atom. The SMILES string of the molecule is Cc1cc(C)cc(NC(=O)COC(=O)c2ccccc2NCc2ccco2)c1. The molecule has 0 spiro atoms. The molecule has 0 aliphatic rings. The second-order valence-corrected chi connectivity index (χ2v) is 6.48. The van der Waals surface area contributed by atoms with Crippen molar-refractivity contribution in [3.8, 4) is 0 Å². The number of para-hydroxylation sites is 1. The number of carbonyl (C=O) groups is 2. The summed E-state index contributed by atoms with van der Waals surface area (Å²) in [5, 5.41) is 5.89. The largest absolute Gasteiger partial charge is 0.467 e. The number of esters is 1. The summed E-state index contributed by atoms with van der Waals surface area (Å²) in [6.07, 6.45) is 1.59. The quantitative estimate of drug-likeness (QED) is 0.599. The van der Waals surface area contributed by atoms with Gasteiger partial charge in [0.2, 0.25) is 0 Å². The smallest absolute Gasteiger partial charge is 0.340 e. The van der Waals surface area contributed by atoms with E-state index in [4.69, 9.17) is 9.15 Å². The molecule has 6 heteroatoms. The van der Waals surface area contributed by atoms with Crippen LogP contribution in [0, 0.1) is 13.8 Å². The third kappa shape index (κ3) is 5.23. The van der Waals surface area contributed by atoms with Gasteiger partial charge < -0.3 is 19.8 Å². The van der Waals surface area contributed by atoms with Crippen LogP contribution in [0.2, 0.25) is 0 Å². The highest BCUT2D eigenvalue weighted by Gasteiger charge is 2.14. The summed E-state index contributed by atoms with van der Waals surface area (Å²) in [7, 11) is 0. The zero-order chi connectivity index (χ0) is 19.9. The average molecular weight is 378 g/mol. The summed E-state index contributed by atoms with van der Waals surface area (Å²) in [6, 6.07) is 16.3. The van der Waals surface area contributed by atoms with Gasteiger partial charge in [-0.2, -0.15) is 0 Å². The number of rotatable bonds is 7. The van der Waals surface area contributed by atoms with Crippen molar-refractivity contribution in [1.82, 2.24) is 0 Å². The van der Waals surface area contributed by atoms with Gasteiger partial charge >= 0.3 is 5.97 Å². The molecule has 0 radical (unpaired) electrons. The number of furan rings is 1. The lowest BCUT2D eigenvalue weighted by atomic mass is 10.1. The maximum absolute atomic E-state index is 12.4. The van der Waals surface area contributed by atoms with Crippen LogP contribution in [-0.4, -0.2) is 18.5 Å². The van der Waals surface area contributed by atoms with Crippen molar-refractivity contribution in [2.24, 2.45) is 0 Å². The molecule has 0 aliphatic heterocycles. The van der Waals surface area contributed by atoms with Crippen LogP contribution in [-0.2, 0) is 16.1 Å². The monoisotopic (exact) mass is 378 g/mol. The number of anilines is 2. The minimum absolute atomic E-state index is 0.355. The van der Waals surface area contributed by atoms with Gasteiger partial charge in [0.1, 0.15) is 5.76 Å². The highest BCUT2D eigenvalue weighted by molar-refractivity contribution is 5.98. The molecule has 3 aromatic rings. The van der Waals surface area contributed by atoms with E-state index in [2.05, 4.69) is 10.6 Å². The standard InChI is InChI=1S/C22H22N2O4/c1-15-10-16(2)12-17(11-15)24-21(25)14-28-22(26)19-7-3-4-8-20(19)23-13-18-6-5-9-27-18/h3-12,23H,13-14H2,1-2H3,(H,24,25). The van der Waals surface area contributed by atoms with Crippen LogP contribution in [0.1, 0.15) is 27.2 Å². The van der Waals surface area contributed by atoms with Crippen molar-refractivity contribution in [1.29, 1.82) is 0 Å². The van der Waals surface area contributed by atoms with E-state index < -0.39 is 5.97 Å². The molecule has 3 rings (SSSR count). The van der Waals surface area contributed by atoms with Gasteiger partial charge in [0.15, 0.2) is 6.61 Å². The first-order chi connectivity index (χ1) is 13.5. The molecular formula is C22H22N2O4. The molecule has 144 valence electrons. The van der Waals surface area contributed by atoms with Gasteiger partial charge in [-0.05, 0) is 61.4 Å². The lowest BCUT2D eigenvalue weighted by molar-refractivity contribution is -0.119. The Labute approximate surface area is 163 Å². The van der Waals surface area contributed by atoms with Crippen LogP contribution >= 0.6 is 0 Å². The highest BCUT2D eigenvalue weighted by Crippen LogP contribution is 2.18. The number of hydrogen-bond donors (Lipinski definition) is 2. The highest BCUT2D eigenvalue weighted by atomic mass is 16.5. The van der Waals surface area contributed by atoms with E-state index in [0.717, 1.165) is 16.9 Å². The van der Waals surface area contributed by atoms with E-state index in [1.807, 2.05) is 44.2 Å². The molecule has 0 aliphatic carbocycles. The van der Waals surface area contributed by atoms with Crippen LogP contribution in [0.25, 0.3) is 0 Å². The fourth-order valence-corrected chi connectivity index (χ4v) is 2.86. The second-order valence-electron chi connectivity index (χ2n) is 6.48. The molecule has 0 saturated heterocycles. The first-order valence-electron chi connectivity index (χ1n) is 8.92. The third-order valence-electron chi connectivity index (χ3n) is 4.02. The van der Waals surface area contributed by atoms with E-state index >= 15 is 0 Å². The van der Waals surface area contributed by atoms with Crippen molar-refractivity contribution in [2.45, 2.75) is 20.4 Å². The van der Waals surface area contributed by atoms with Crippen molar-refractivity contribution in [3.63, 3.8) is 0 Å². The Morgan fingerprint density at radius 2 is 1.75 bits per heavy atom. The van der Waals surface area contributed by atoms with Gasteiger partial charge in [0, 0.05) is 11.4 Å². The van der Waals surface area contributed by atoms with Crippen LogP contribution < -0.4 is 10.6 Å². The van der Waals surface area contributed by atoms with Gasteiger partial charge in [-0.1, -0.05) is 18.2 Å². The summed E-state index contributed by atoms with van der Waals surface area (Å²) < 4.78 is 10.5. The van der Waals surface area contributed by atoms with E-state index in [1.54, 1.807) is 30.5 Å². The average Bonchev–Trinajstić information content (AvgIpc) is 3.17. The second kappa shape index (κ2) is 8.90. The van der Waals surface area contributed by atoms with Gasteiger partial charge in [0.25, 0.3) is 5.91 Å². The Balaban J connectivity index is 1.57. The predicted octanol–water partition coefficient (Wildman–Crippen LogP) is 4.30. The summed E-state index contributed by atoms with van der Waals surface area (Å²) >= 11 is 0. The summed E-state index contributed by atoms with van der Waals surface area (Å²) in [6.45, 7) is 3.98. The topological polar surface area (TPSA) is 80.6 Å². The van der Waals surface area contributed by atoms with Gasteiger partial charge in [-0.3, -0.25) is 4.79 Å². The molecule has 1 heterocycles. The van der Waals surface area contributed by atoms with Crippen LogP contribution in [0.4, 0.5) is 11.4 Å². The fraction of sp³-hybridized carbons (Fsp3) is 0.182. The Kier molecular flexibility index (Phi) is 6.11. The summed E-state index contributed by atoms with van der Waals surface area (Å²) in [5.41, 5.74) is 3.73. The van der Waals surface area contributed by atoms with Crippen LogP contribution in [0.15, 0.2) is 65.3 Å². The molecule has 0 saturated carbocycles. The molecule has 1 aromatic heterocycles. The summed E-state index contributed by atoms with van der Waals surface area (Å²) in [4.78, 5) is 24.5. The number of hydrogen-bond acceptors (Lipinski definition) is 5. The summed E-state index contributed by atoms with van der Waals surface area (Å²) in [5.74, 6) is -0.214. The maximum Gasteiger partial charge on any atom is 0.340 e. The Hall–Kier alpha value is -3.54. The van der Waals surface area contributed by atoms with E-state index in [-0.39, 0.29) is 12.5 Å². The van der Waals surface area contributed by atoms with Crippen LogP contribution in [0.3, 0.4) is 0 Å². The van der Waals surface area contributed by atoms with Crippen molar-refractivity contribution in [2.75, 3.05) is 17.2 Å². The van der Waals surface area contributed by atoms with Gasteiger partial charge in [-0.25, -0.2) is 4.79 Å². The van der Waals surface area contributed by atoms with Crippen molar-refractivity contribution in [3.05, 3.63) is 83.3 Å². The molecule has 28 heavy (non-hydrogen) atoms. The number of nitrogens with one attached hydrogen (secondary N) is 2. The number of ether oxygens (including phenoxy) is 1. The Bertz CT molecular complexity index is 944. The van der Waals surface area contributed by atoms with Crippen LogP contribution in [0.5, 0.6) is 0 Å². The van der Waals surface area contributed by atoms with E-state index in [1.165, 1.54) is 0 Å². The van der Waals surface area contributed by atoms with E-state index in [9.17, 15) is 9.59 Å². The minimum Gasteiger partial charge on any atom is -0.467 e. The lowest BCUT2D eigenvalue weighted by Crippen LogP contribution is -2.21. The van der Waals surface area contributed by atoms with Crippen molar-refractivity contribution >= 4 is 23.3 Å². The number of amides is 1. The molecule has 0 fully saturated rings. The number of carbonyl (C=O) groups excluding carboxylic acids is 2. The maximum atomic E-state index is 12.4. The first-order valence-corrected chi connectivity index (χ1v) is 8.92. The number of aryl methyl sites for hydroxylation is 2. The molecule has 0 atom stereocenters. The molecular weight excluding hydrogens is 356 g/mol. The van der Waals surface area contributed by atoms with Gasteiger partial charge in [-0.15, -0.1) is 0 Å². The predicted molar refractivity (Wildman–Crippen MR) is 107 cm³/mol. The first kappa shape index (κ1) is 19.2. The Morgan fingerprint density at radius 1 is 1.00 bits per heavy atom. The molecule has 0 unspecified atom stereocenters. The zero-order valence-corrected chi connectivity index (χ0v) is 15.8. The van der Waals surface area contributed by atoms with E-state index in [0.29, 0.717) is 23.5 Å². The minimum atomic E-state index is -0.571. The van der Waals surface area contributed by atoms with Gasteiger partial charge in [0.05, 0.1) is 18.4 Å². The normalized spacial score (nSPS) is 10.4. The van der Waals surface area contributed by atoms with Crippen molar-refractivity contribution < 1.29 is 18.7 Å². The molecule has 2 aromatic carbocycles. The fourth-order valence-electron chi connectivity index (χ4n) is 2.86. The third-order valence-corrected chi connectivity index (χ3v) is 4.02. The number of benzene rings is 2.